The number of quaternary nitrogens is 1. The van der Waals surface area contributed by atoms with Crippen molar-refractivity contribution in [2.24, 2.45) is 0 Å². The van der Waals surface area contributed by atoms with Crippen LogP contribution >= 0.6 is 11.6 Å². The molecule has 3 aromatic carbocycles. The Balaban J connectivity index is 1.77. The number of hydrogen-bond donors (Lipinski definition) is 1. The van der Waals surface area contributed by atoms with Gasteiger partial charge < -0.3 is 4.90 Å². The molecule has 5 nitrogen and oxygen atoms in total. The van der Waals surface area contributed by atoms with Gasteiger partial charge in [-0.3, -0.25) is 0 Å². The quantitative estimate of drug-likeness (QED) is 0.535. The largest absolute Gasteiger partial charge is 0.321 e. The van der Waals surface area contributed by atoms with Crippen molar-refractivity contribution in [2.45, 2.75) is 19.5 Å². The van der Waals surface area contributed by atoms with Crippen molar-refractivity contribution < 1.29 is 4.90 Å². The van der Waals surface area contributed by atoms with Crippen molar-refractivity contribution in [3.05, 3.63) is 106 Å². The minimum Gasteiger partial charge on any atom is -0.321 e. The summed E-state index contributed by atoms with van der Waals surface area (Å²) in [4.78, 5) is 1.25. The summed E-state index contributed by atoms with van der Waals surface area (Å²) in [6.07, 6.45) is 0. The molecule has 0 saturated heterocycles. The Bertz CT molecular complexity index is 1090. The zero-order chi connectivity index (χ0) is 20.2. The van der Waals surface area contributed by atoms with E-state index in [9.17, 15) is 0 Å². The lowest BCUT2D eigenvalue weighted by molar-refractivity contribution is -0.920. The van der Waals surface area contributed by atoms with E-state index < -0.39 is 0 Å². The van der Waals surface area contributed by atoms with E-state index in [1.807, 2.05) is 47.1 Å². The minimum atomic E-state index is -0.0372. The van der Waals surface area contributed by atoms with Crippen LogP contribution in [0.25, 0.3) is 5.69 Å². The van der Waals surface area contributed by atoms with Gasteiger partial charge in [-0.05, 0) is 41.1 Å². The van der Waals surface area contributed by atoms with Crippen molar-refractivity contribution >= 4 is 11.6 Å². The van der Waals surface area contributed by atoms with Crippen LogP contribution in [0.15, 0.2) is 78.9 Å². The van der Waals surface area contributed by atoms with Crippen LogP contribution in [-0.4, -0.2) is 27.3 Å². The first-order valence-corrected chi connectivity index (χ1v) is 9.97. The second kappa shape index (κ2) is 8.55. The number of nitrogens with one attached hydrogen (secondary N) is 1. The van der Waals surface area contributed by atoms with Crippen LogP contribution in [0, 0.1) is 6.92 Å². The third-order valence-corrected chi connectivity index (χ3v) is 5.33. The van der Waals surface area contributed by atoms with Gasteiger partial charge in [0.25, 0.3) is 0 Å². The monoisotopic (exact) mass is 404 g/mol. The van der Waals surface area contributed by atoms with Crippen LogP contribution < -0.4 is 4.90 Å². The molecule has 4 aromatic rings. The van der Waals surface area contributed by atoms with Gasteiger partial charge in [0.15, 0.2) is 6.04 Å². The summed E-state index contributed by atoms with van der Waals surface area (Å²) in [5.41, 5.74) is 4.45. The van der Waals surface area contributed by atoms with Crippen molar-refractivity contribution in [1.29, 1.82) is 0 Å². The van der Waals surface area contributed by atoms with Gasteiger partial charge >= 0.3 is 0 Å². The molecule has 0 aliphatic rings. The van der Waals surface area contributed by atoms with Crippen molar-refractivity contribution in [3.8, 4) is 5.69 Å². The molecule has 4 rings (SSSR count). The Morgan fingerprint density at radius 1 is 0.966 bits per heavy atom. The number of tetrazole rings is 1. The molecule has 0 aliphatic carbocycles. The number of para-hydroxylation sites is 1. The molecule has 1 unspecified atom stereocenters. The highest BCUT2D eigenvalue weighted by molar-refractivity contribution is 6.30. The molecular weight excluding hydrogens is 382 g/mol. The lowest BCUT2D eigenvalue weighted by atomic mass is 10.0. The Kier molecular flexibility index (Phi) is 5.69. The number of hydrogen-bond acceptors (Lipinski definition) is 3. The predicted octanol–water partition coefficient (Wildman–Crippen LogP) is 3.43. The Morgan fingerprint density at radius 2 is 1.72 bits per heavy atom. The van der Waals surface area contributed by atoms with Gasteiger partial charge in [-0.2, -0.15) is 4.68 Å². The third-order valence-electron chi connectivity index (χ3n) is 5.09. The zero-order valence-corrected chi connectivity index (χ0v) is 17.2. The summed E-state index contributed by atoms with van der Waals surface area (Å²) >= 11 is 6.20. The lowest BCUT2D eigenvalue weighted by Crippen LogP contribution is -3.08. The summed E-state index contributed by atoms with van der Waals surface area (Å²) in [7, 11) is 2.16. The van der Waals surface area contributed by atoms with Crippen molar-refractivity contribution in [3.63, 3.8) is 0 Å². The van der Waals surface area contributed by atoms with Gasteiger partial charge in [0.05, 0.1) is 12.7 Å². The number of benzene rings is 3. The molecule has 0 aliphatic heterocycles. The number of nitrogens with zero attached hydrogens (tertiary/aromatic N) is 4. The fourth-order valence-corrected chi connectivity index (χ4v) is 3.93. The Labute approximate surface area is 175 Å². The van der Waals surface area contributed by atoms with E-state index in [1.54, 1.807) is 0 Å². The van der Waals surface area contributed by atoms with E-state index in [2.05, 4.69) is 65.9 Å². The summed E-state index contributed by atoms with van der Waals surface area (Å²) in [6.45, 7) is 2.86. The average molecular weight is 405 g/mol. The average Bonchev–Trinajstić information content (AvgIpc) is 3.18. The molecule has 29 heavy (non-hydrogen) atoms. The van der Waals surface area contributed by atoms with E-state index >= 15 is 0 Å². The molecule has 0 spiro atoms. The number of rotatable bonds is 6. The SMILES string of the molecule is Cc1ccccc1-n1nnnc1[C@@H](c1ccccc1)[NH+](C)Cc1cccc(Cl)c1. The normalized spacial score (nSPS) is 13.2. The van der Waals surface area contributed by atoms with Crippen LogP contribution in [0.2, 0.25) is 5.02 Å². The molecule has 0 fully saturated rings. The molecule has 0 saturated carbocycles. The third kappa shape index (κ3) is 4.21. The maximum absolute atomic E-state index is 6.20. The number of halogens is 1. The second-order valence-corrected chi connectivity index (χ2v) is 7.67. The van der Waals surface area contributed by atoms with Crippen molar-refractivity contribution in [1.82, 2.24) is 20.2 Å². The summed E-state index contributed by atoms with van der Waals surface area (Å²) in [5.74, 6) is 0.810. The standard InChI is InChI=1S/C23H22ClN5/c1-17-9-6-7-14-21(17)29-23(25-26-27-29)22(19-11-4-3-5-12-19)28(2)16-18-10-8-13-20(24)15-18/h3-15,22H,16H2,1-2H3/p+1/t22-/m1/s1. The van der Waals surface area contributed by atoms with Gasteiger partial charge in [0.1, 0.15) is 6.54 Å². The maximum Gasteiger partial charge on any atom is 0.218 e. The lowest BCUT2D eigenvalue weighted by Gasteiger charge is -2.25. The summed E-state index contributed by atoms with van der Waals surface area (Å²) < 4.78 is 1.86. The van der Waals surface area contributed by atoms with E-state index in [0.717, 1.165) is 34.2 Å². The van der Waals surface area contributed by atoms with Gasteiger partial charge in [-0.15, -0.1) is 5.10 Å². The van der Waals surface area contributed by atoms with Gasteiger partial charge in [0, 0.05) is 16.1 Å². The smallest absolute Gasteiger partial charge is 0.218 e. The molecule has 2 atom stereocenters. The molecule has 146 valence electrons. The highest BCUT2D eigenvalue weighted by Gasteiger charge is 2.30. The van der Waals surface area contributed by atoms with Crippen LogP contribution in [0.4, 0.5) is 0 Å². The Morgan fingerprint density at radius 3 is 2.48 bits per heavy atom. The first-order valence-electron chi connectivity index (χ1n) is 9.59. The van der Waals surface area contributed by atoms with E-state index in [0.29, 0.717) is 0 Å². The molecule has 0 radical (unpaired) electrons. The molecule has 1 N–H and O–H groups in total. The second-order valence-electron chi connectivity index (χ2n) is 7.23. The number of aromatic nitrogens is 4. The van der Waals surface area contributed by atoms with Crippen LogP contribution in [0.3, 0.4) is 0 Å². The zero-order valence-electron chi connectivity index (χ0n) is 16.5. The first kappa shape index (κ1) is 19.3. The van der Waals surface area contributed by atoms with Crippen LogP contribution in [-0.2, 0) is 6.54 Å². The molecule has 0 amide bonds. The minimum absolute atomic E-state index is 0.0372. The maximum atomic E-state index is 6.20. The van der Waals surface area contributed by atoms with E-state index in [1.165, 1.54) is 10.5 Å². The van der Waals surface area contributed by atoms with Gasteiger partial charge in [-0.1, -0.05) is 72.3 Å². The van der Waals surface area contributed by atoms with Crippen LogP contribution in [0.1, 0.15) is 28.6 Å². The summed E-state index contributed by atoms with van der Waals surface area (Å²) in [6, 6.07) is 26.5. The van der Waals surface area contributed by atoms with Crippen molar-refractivity contribution in [2.75, 3.05) is 7.05 Å². The highest BCUT2D eigenvalue weighted by Crippen LogP contribution is 2.21. The molecule has 6 heteroatoms. The Hall–Kier alpha value is -3.02. The number of aryl methyl sites for hydroxylation is 1. The molecule has 1 heterocycles. The predicted molar refractivity (Wildman–Crippen MR) is 114 cm³/mol. The van der Waals surface area contributed by atoms with Crippen LogP contribution in [0.5, 0.6) is 0 Å². The molecule has 0 bridgehead atoms. The molecule has 1 aromatic heterocycles. The molecular formula is C23H23ClN5+. The highest BCUT2D eigenvalue weighted by atomic mass is 35.5. The van der Waals surface area contributed by atoms with Gasteiger partial charge in [-0.25, -0.2) is 0 Å². The fourth-order valence-electron chi connectivity index (χ4n) is 3.72. The fraction of sp³-hybridized carbons (Fsp3) is 0.174. The first-order chi connectivity index (χ1) is 14.1. The topological polar surface area (TPSA) is 48.0 Å². The van der Waals surface area contributed by atoms with Gasteiger partial charge in [0.2, 0.25) is 5.82 Å². The van der Waals surface area contributed by atoms with E-state index in [4.69, 9.17) is 11.6 Å². The summed E-state index contributed by atoms with van der Waals surface area (Å²) in [5, 5.41) is 13.5. The van der Waals surface area contributed by atoms with E-state index in [-0.39, 0.29) is 6.04 Å².